The highest BCUT2D eigenvalue weighted by Crippen LogP contribution is 2.29. The molecule has 1 aliphatic rings. The molecule has 0 spiro atoms. The normalized spacial score (nSPS) is 17.2. The fourth-order valence-electron chi connectivity index (χ4n) is 4.03. The molecule has 0 amide bonds. The van der Waals surface area contributed by atoms with E-state index in [2.05, 4.69) is 28.0 Å². The molecular weight excluding hydrogens is 405 g/mol. The Hall–Kier alpha value is -2.70. The van der Waals surface area contributed by atoms with Crippen LogP contribution in [0.15, 0.2) is 51.4 Å². The van der Waals surface area contributed by atoms with Gasteiger partial charge in [-0.2, -0.15) is 4.98 Å². The monoisotopic (exact) mass is 425 g/mol. The molecule has 0 unspecified atom stereocenters. The van der Waals surface area contributed by atoms with Gasteiger partial charge in [-0.1, -0.05) is 16.8 Å². The summed E-state index contributed by atoms with van der Waals surface area (Å²) in [5.41, 5.74) is 2.24. The van der Waals surface area contributed by atoms with Crippen molar-refractivity contribution in [2.24, 2.45) is 0 Å². The van der Waals surface area contributed by atoms with Crippen molar-refractivity contribution in [2.75, 3.05) is 13.1 Å². The third-order valence-corrected chi connectivity index (χ3v) is 6.04. The van der Waals surface area contributed by atoms with Crippen LogP contribution in [0.2, 0.25) is 5.02 Å². The van der Waals surface area contributed by atoms with Crippen molar-refractivity contribution in [1.29, 1.82) is 0 Å². The van der Waals surface area contributed by atoms with Gasteiger partial charge in [0, 0.05) is 35.5 Å². The van der Waals surface area contributed by atoms with Crippen molar-refractivity contribution in [3.63, 3.8) is 0 Å². The lowest BCUT2D eigenvalue weighted by atomic mass is 10.1. The van der Waals surface area contributed by atoms with Crippen LogP contribution in [0.5, 0.6) is 0 Å². The second-order valence-electron chi connectivity index (χ2n) is 7.79. The maximum atomic E-state index is 13.4. The topological polar surface area (TPSA) is 55.3 Å². The Balaban J connectivity index is 1.36. The van der Waals surface area contributed by atoms with Crippen molar-refractivity contribution in [1.82, 2.24) is 15.0 Å². The molecule has 1 atom stereocenters. The van der Waals surface area contributed by atoms with E-state index in [1.165, 1.54) is 31.5 Å². The van der Waals surface area contributed by atoms with Crippen molar-refractivity contribution in [3.8, 4) is 22.8 Å². The van der Waals surface area contributed by atoms with E-state index in [1.54, 1.807) is 6.07 Å². The summed E-state index contributed by atoms with van der Waals surface area (Å²) in [5, 5.41) is 5.09. The van der Waals surface area contributed by atoms with Gasteiger partial charge >= 0.3 is 0 Å². The number of rotatable bonds is 5. The zero-order chi connectivity index (χ0) is 20.7. The summed E-state index contributed by atoms with van der Waals surface area (Å²) >= 11 is 5.85. The molecule has 2 aromatic heterocycles. The highest BCUT2D eigenvalue weighted by Gasteiger charge is 2.20. The Morgan fingerprint density at radius 3 is 2.83 bits per heavy atom. The van der Waals surface area contributed by atoms with Gasteiger partial charge in [-0.15, -0.1) is 0 Å². The van der Waals surface area contributed by atoms with E-state index in [4.69, 9.17) is 20.5 Å². The zero-order valence-electron chi connectivity index (χ0n) is 16.6. The van der Waals surface area contributed by atoms with E-state index in [-0.39, 0.29) is 5.02 Å². The molecule has 3 heterocycles. The SMILES string of the molecule is C[C@@H]1CCCN1CCc1cc2cc(-c3noc(-c4ccc(F)c(Cl)c4)n3)ccc2o1. The highest BCUT2D eigenvalue weighted by molar-refractivity contribution is 6.31. The van der Waals surface area contributed by atoms with Crippen LogP contribution >= 0.6 is 11.6 Å². The van der Waals surface area contributed by atoms with E-state index in [1.807, 2.05) is 18.2 Å². The maximum absolute atomic E-state index is 13.4. The molecule has 30 heavy (non-hydrogen) atoms. The summed E-state index contributed by atoms with van der Waals surface area (Å²) in [6.45, 7) is 4.48. The Morgan fingerprint density at radius 2 is 2.03 bits per heavy atom. The number of aromatic nitrogens is 2. The lowest BCUT2D eigenvalue weighted by Gasteiger charge is -2.19. The fourth-order valence-corrected chi connectivity index (χ4v) is 4.21. The minimum Gasteiger partial charge on any atom is -0.461 e. The van der Waals surface area contributed by atoms with Gasteiger partial charge in [-0.05, 0) is 68.8 Å². The number of benzene rings is 2. The second kappa shape index (κ2) is 7.85. The highest BCUT2D eigenvalue weighted by atomic mass is 35.5. The number of furan rings is 1. The predicted octanol–water partition coefficient (Wildman–Crippen LogP) is 5.97. The Kier molecular flexibility index (Phi) is 5.05. The minimum atomic E-state index is -0.486. The Morgan fingerprint density at radius 1 is 1.17 bits per heavy atom. The van der Waals surface area contributed by atoms with Gasteiger partial charge in [0.25, 0.3) is 5.89 Å². The molecule has 0 bridgehead atoms. The first kappa shape index (κ1) is 19.3. The number of fused-ring (bicyclic) bond motifs is 1. The number of likely N-dealkylation sites (tertiary alicyclic amines) is 1. The van der Waals surface area contributed by atoms with Gasteiger partial charge in [-0.3, -0.25) is 0 Å². The standard InChI is InChI=1S/C23H21ClFN3O2/c1-14-3-2-9-28(14)10-8-18-12-17-11-15(5-7-21(17)29-18)22-26-23(30-27-22)16-4-6-20(25)19(24)13-16/h4-7,11-14H,2-3,8-10H2,1H3/t14-/m1/s1. The van der Waals surface area contributed by atoms with E-state index < -0.39 is 5.82 Å². The third-order valence-electron chi connectivity index (χ3n) is 5.75. The summed E-state index contributed by atoms with van der Waals surface area (Å²) in [5.74, 6) is 1.25. The van der Waals surface area contributed by atoms with Gasteiger partial charge in [0.2, 0.25) is 5.82 Å². The first-order valence-corrected chi connectivity index (χ1v) is 10.5. The average molecular weight is 426 g/mol. The Bertz CT molecular complexity index is 1200. The molecule has 1 aliphatic heterocycles. The first-order valence-electron chi connectivity index (χ1n) is 10.1. The third kappa shape index (κ3) is 3.73. The molecule has 1 fully saturated rings. The number of hydrogen-bond acceptors (Lipinski definition) is 5. The molecular formula is C23H21ClFN3O2. The molecule has 154 valence electrons. The van der Waals surface area contributed by atoms with Gasteiger partial charge in [-0.25, -0.2) is 4.39 Å². The second-order valence-corrected chi connectivity index (χ2v) is 8.20. The molecule has 1 saturated heterocycles. The lowest BCUT2D eigenvalue weighted by molar-refractivity contribution is 0.266. The quantitative estimate of drug-likeness (QED) is 0.394. The van der Waals surface area contributed by atoms with Crippen LogP contribution in [0.4, 0.5) is 4.39 Å². The number of halogens is 2. The Labute approximate surface area is 178 Å². The summed E-state index contributed by atoms with van der Waals surface area (Å²) in [7, 11) is 0. The number of hydrogen-bond donors (Lipinski definition) is 0. The molecule has 0 aliphatic carbocycles. The minimum absolute atomic E-state index is 0.0166. The van der Waals surface area contributed by atoms with Crippen LogP contribution < -0.4 is 0 Å². The fraction of sp³-hybridized carbons (Fsp3) is 0.304. The van der Waals surface area contributed by atoms with E-state index in [0.29, 0.717) is 23.3 Å². The van der Waals surface area contributed by atoms with Gasteiger partial charge in [0.15, 0.2) is 0 Å². The van der Waals surface area contributed by atoms with Crippen molar-refractivity contribution in [2.45, 2.75) is 32.2 Å². The smallest absolute Gasteiger partial charge is 0.258 e. The maximum Gasteiger partial charge on any atom is 0.258 e. The predicted molar refractivity (Wildman–Crippen MR) is 114 cm³/mol. The molecule has 4 aromatic rings. The summed E-state index contributed by atoms with van der Waals surface area (Å²) in [4.78, 5) is 6.95. The van der Waals surface area contributed by atoms with Crippen LogP contribution in [-0.2, 0) is 6.42 Å². The number of nitrogens with zero attached hydrogens (tertiary/aromatic N) is 3. The zero-order valence-corrected chi connectivity index (χ0v) is 17.3. The van der Waals surface area contributed by atoms with Gasteiger partial charge in [0.1, 0.15) is 17.2 Å². The molecule has 0 N–H and O–H groups in total. The lowest BCUT2D eigenvalue weighted by Crippen LogP contribution is -2.28. The molecule has 2 aromatic carbocycles. The molecule has 0 saturated carbocycles. The molecule has 5 nitrogen and oxygen atoms in total. The van der Waals surface area contributed by atoms with E-state index in [9.17, 15) is 4.39 Å². The van der Waals surface area contributed by atoms with Crippen molar-refractivity contribution in [3.05, 3.63) is 59.1 Å². The summed E-state index contributed by atoms with van der Waals surface area (Å²) < 4.78 is 24.7. The summed E-state index contributed by atoms with van der Waals surface area (Å²) in [6.07, 6.45) is 3.45. The molecule has 7 heteroatoms. The van der Waals surface area contributed by atoms with E-state index in [0.717, 1.165) is 35.3 Å². The molecule has 5 rings (SSSR count). The van der Waals surface area contributed by atoms with Gasteiger partial charge < -0.3 is 13.8 Å². The average Bonchev–Trinajstić information content (AvgIpc) is 3.47. The van der Waals surface area contributed by atoms with Crippen LogP contribution in [0.1, 0.15) is 25.5 Å². The van der Waals surface area contributed by atoms with Crippen LogP contribution in [0, 0.1) is 5.82 Å². The van der Waals surface area contributed by atoms with Crippen molar-refractivity contribution >= 4 is 22.6 Å². The van der Waals surface area contributed by atoms with Gasteiger partial charge in [0.05, 0.1) is 5.02 Å². The van der Waals surface area contributed by atoms with Crippen LogP contribution in [0.3, 0.4) is 0 Å². The molecule has 0 radical (unpaired) electrons. The van der Waals surface area contributed by atoms with E-state index >= 15 is 0 Å². The first-order chi connectivity index (χ1) is 14.6. The van der Waals surface area contributed by atoms with Crippen molar-refractivity contribution < 1.29 is 13.3 Å². The summed E-state index contributed by atoms with van der Waals surface area (Å²) in [6, 6.07) is 12.9. The van der Waals surface area contributed by atoms with Crippen LogP contribution in [0.25, 0.3) is 33.8 Å². The largest absolute Gasteiger partial charge is 0.461 e. The van der Waals surface area contributed by atoms with Crippen LogP contribution in [-0.4, -0.2) is 34.2 Å².